The van der Waals surface area contributed by atoms with Gasteiger partial charge in [0.2, 0.25) is 0 Å². The summed E-state index contributed by atoms with van der Waals surface area (Å²) in [7, 11) is 0. The van der Waals surface area contributed by atoms with Crippen molar-refractivity contribution in [1.82, 2.24) is 0 Å². The van der Waals surface area contributed by atoms with E-state index in [1.54, 1.807) is 12.1 Å². The molecule has 1 saturated heterocycles. The lowest BCUT2D eigenvalue weighted by atomic mass is 10.1. The first kappa shape index (κ1) is 12.4. The zero-order valence-corrected chi connectivity index (χ0v) is 10.1. The molecule has 0 amide bonds. The highest BCUT2D eigenvalue weighted by Gasteiger charge is 2.33. The molecule has 1 aliphatic rings. The Morgan fingerprint density at radius 1 is 1.59 bits per heavy atom. The summed E-state index contributed by atoms with van der Waals surface area (Å²) in [6.07, 6.45) is 0.746. The van der Waals surface area contributed by atoms with E-state index in [9.17, 15) is 9.90 Å². The number of aldehydes is 1. The van der Waals surface area contributed by atoms with Crippen molar-refractivity contribution in [3.63, 3.8) is 0 Å². The molecule has 3 N–H and O–H groups in total. The fraction of sp³-hybridized carbons (Fsp3) is 0.417. The third-order valence-corrected chi connectivity index (χ3v) is 3.37. The number of anilines is 1. The van der Waals surface area contributed by atoms with Crippen LogP contribution in [0.25, 0.3) is 0 Å². The normalized spacial score (nSPS) is 24.1. The van der Waals surface area contributed by atoms with Crippen molar-refractivity contribution in [2.24, 2.45) is 5.73 Å². The van der Waals surface area contributed by atoms with E-state index in [2.05, 4.69) is 0 Å². The molecule has 1 aromatic rings. The van der Waals surface area contributed by atoms with Gasteiger partial charge in [0.25, 0.3) is 0 Å². The van der Waals surface area contributed by atoms with Crippen LogP contribution in [0.3, 0.4) is 0 Å². The molecule has 17 heavy (non-hydrogen) atoms. The van der Waals surface area contributed by atoms with Crippen LogP contribution < -0.4 is 10.6 Å². The van der Waals surface area contributed by atoms with Gasteiger partial charge in [-0.25, -0.2) is 0 Å². The molecule has 0 radical (unpaired) electrons. The molecule has 1 aliphatic heterocycles. The van der Waals surface area contributed by atoms with Crippen molar-refractivity contribution in [3.8, 4) is 0 Å². The second kappa shape index (κ2) is 5.04. The third kappa shape index (κ3) is 2.29. The van der Waals surface area contributed by atoms with Gasteiger partial charge in [0, 0.05) is 23.8 Å². The van der Waals surface area contributed by atoms with E-state index in [1.807, 2.05) is 11.0 Å². The Labute approximate surface area is 105 Å². The van der Waals surface area contributed by atoms with Crippen molar-refractivity contribution >= 4 is 23.6 Å². The maximum Gasteiger partial charge on any atom is 0.145 e. The first-order valence-corrected chi connectivity index (χ1v) is 5.93. The van der Waals surface area contributed by atoms with Crippen molar-refractivity contribution in [3.05, 3.63) is 28.8 Å². The highest BCUT2D eigenvalue weighted by molar-refractivity contribution is 6.30. The zero-order valence-electron chi connectivity index (χ0n) is 9.34. The molecule has 2 rings (SSSR count). The standard InChI is InChI=1S/C12H15ClN2O2/c13-9-2-1-8(6-14)10(5-9)15-4-3-12(17)11(15)7-16/h1-2,5,7,11-12,17H,3-4,6,14H2. The molecule has 2 unspecified atom stereocenters. The molecule has 2 atom stereocenters. The van der Waals surface area contributed by atoms with E-state index >= 15 is 0 Å². The van der Waals surface area contributed by atoms with Gasteiger partial charge < -0.3 is 20.5 Å². The Morgan fingerprint density at radius 3 is 3.00 bits per heavy atom. The minimum Gasteiger partial charge on any atom is -0.390 e. The fourth-order valence-electron chi connectivity index (χ4n) is 2.22. The minimum atomic E-state index is -0.614. The first-order valence-electron chi connectivity index (χ1n) is 5.56. The van der Waals surface area contributed by atoms with Crippen molar-refractivity contribution in [2.45, 2.75) is 25.1 Å². The second-order valence-electron chi connectivity index (χ2n) is 4.15. The summed E-state index contributed by atoms with van der Waals surface area (Å²) in [6, 6.07) is 4.91. The molecule has 0 aromatic heterocycles. The van der Waals surface area contributed by atoms with Gasteiger partial charge in [-0.15, -0.1) is 0 Å². The lowest BCUT2D eigenvalue weighted by Crippen LogP contribution is -2.37. The summed E-state index contributed by atoms with van der Waals surface area (Å²) >= 11 is 5.96. The van der Waals surface area contributed by atoms with Gasteiger partial charge in [-0.2, -0.15) is 0 Å². The topological polar surface area (TPSA) is 66.6 Å². The molecule has 0 saturated carbocycles. The smallest absolute Gasteiger partial charge is 0.145 e. The van der Waals surface area contributed by atoms with Crippen LogP contribution in [-0.2, 0) is 11.3 Å². The predicted molar refractivity (Wildman–Crippen MR) is 67.2 cm³/mol. The average Bonchev–Trinajstić information content (AvgIpc) is 2.70. The second-order valence-corrected chi connectivity index (χ2v) is 4.59. The number of benzene rings is 1. The Hall–Kier alpha value is -1.10. The number of rotatable bonds is 3. The molecule has 0 bridgehead atoms. The van der Waals surface area contributed by atoms with Gasteiger partial charge in [0.15, 0.2) is 0 Å². The van der Waals surface area contributed by atoms with E-state index in [-0.39, 0.29) is 0 Å². The van der Waals surface area contributed by atoms with Crippen LogP contribution in [0.15, 0.2) is 18.2 Å². The lowest BCUT2D eigenvalue weighted by molar-refractivity contribution is -0.110. The highest BCUT2D eigenvalue weighted by Crippen LogP contribution is 2.30. The minimum absolute atomic E-state index is 0.380. The van der Waals surface area contributed by atoms with Gasteiger partial charge in [-0.05, 0) is 24.1 Å². The molecule has 0 aliphatic carbocycles. The molecule has 1 aromatic carbocycles. The van der Waals surface area contributed by atoms with E-state index in [0.29, 0.717) is 24.5 Å². The zero-order chi connectivity index (χ0) is 12.4. The maximum atomic E-state index is 11.0. The number of carbonyl (C=O) groups is 1. The number of halogens is 1. The monoisotopic (exact) mass is 254 g/mol. The van der Waals surface area contributed by atoms with Crippen LogP contribution in [-0.4, -0.2) is 30.1 Å². The summed E-state index contributed by atoms with van der Waals surface area (Å²) in [5.74, 6) is 0. The van der Waals surface area contributed by atoms with Crippen LogP contribution in [0.5, 0.6) is 0 Å². The fourth-order valence-corrected chi connectivity index (χ4v) is 2.39. The lowest BCUT2D eigenvalue weighted by Gasteiger charge is -2.26. The Kier molecular flexibility index (Phi) is 3.66. The quantitative estimate of drug-likeness (QED) is 0.788. The van der Waals surface area contributed by atoms with Crippen LogP contribution in [0, 0.1) is 0 Å². The maximum absolute atomic E-state index is 11.0. The molecule has 1 fully saturated rings. The van der Waals surface area contributed by atoms with Gasteiger partial charge in [-0.3, -0.25) is 0 Å². The van der Waals surface area contributed by atoms with Crippen LogP contribution in [0.4, 0.5) is 5.69 Å². The van der Waals surface area contributed by atoms with Crippen LogP contribution in [0.2, 0.25) is 5.02 Å². The van der Waals surface area contributed by atoms with Gasteiger partial charge in [-0.1, -0.05) is 17.7 Å². The third-order valence-electron chi connectivity index (χ3n) is 3.14. The van der Waals surface area contributed by atoms with E-state index in [4.69, 9.17) is 17.3 Å². The van der Waals surface area contributed by atoms with Crippen LogP contribution in [0.1, 0.15) is 12.0 Å². The molecule has 92 valence electrons. The van der Waals surface area contributed by atoms with Crippen molar-refractivity contribution < 1.29 is 9.90 Å². The van der Waals surface area contributed by atoms with Crippen LogP contribution >= 0.6 is 11.6 Å². The summed E-state index contributed by atoms with van der Waals surface area (Å²) in [6.45, 7) is 1.02. The van der Waals surface area contributed by atoms with E-state index in [1.165, 1.54) is 0 Å². The average molecular weight is 255 g/mol. The predicted octanol–water partition coefficient (Wildman–Crippen LogP) is 0.937. The van der Waals surface area contributed by atoms with Gasteiger partial charge in [0.1, 0.15) is 12.3 Å². The van der Waals surface area contributed by atoms with Gasteiger partial charge in [0.05, 0.1) is 6.10 Å². The summed E-state index contributed by atoms with van der Waals surface area (Å²) in [4.78, 5) is 12.9. The number of nitrogens with zero attached hydrogens (tertiary/aromatic N) is 1. The highest BCUT2D eigenvalue weighted by atomic mass is 35.5. The molecule has 4 nitrogen and oxygen atoms in total. The number of carbonyl (C=O) groups excluding carboxylic acids is 1. The molecule has 5 heteroatoms. The Bertz CT molecular complexity index is 425. The Balaban J connectivity index is 2.39. The molecular weight excluding hydrogens is 240 g/mol. The largest absolute Gasteiger partial charge is 0.390 e. The number of hydrogen-bond acceptors (Lipinski definition) is 4. The first-order chi connectivity index (χ1) is 8.17. The number of nitrogens with two attached hydrogens (primary N) is 1. The summed E-state index contributed by atoms with van der Waals surface area (Å²) < 4.78 is 0. The van der Waals surface area contributed by atoms with E-state index < -0.39 is 12.1 Å². The molecular formula is C12H15ClN2O2. The molecule has 1 heterocycles. The van der Waals surface area contributed by atoms with E-state index in [0.717, 1.165) is 17.5 Å². The molecule has 0 spiro atoms. The SMILES string of the molecule is NCc1ccc(Cl)cc1N1CCC(O)C1C=O. The number of aliphatic hydroxyl groups excluding tert-OH is 1. The summed E-state index contributed by atoms with van der Waals surface area (Å²) in [5, 5.41) is 10.3. The van der Waals surface area contributed by atoms with Crippen molar-refractivity contribution in [1.29, 1.82) is 0 Å². The summed E-state index contributed by atoms with van der Waals surface area (Å²) in [5.41, 5.74) is 7.44. The van der Waals surface area contributed by atoms with Gasteiger partial charge >= 0.3 is 0 Å². The Morgan fingerprint density at radius 2 is 2.35 bits per heavy atom. The number of hydrogen-bond donors (Lipinski definition) is 2. The van der Waals surface area contributed by atoms with Crippen molar-refractivity contribution in [2.75, 3.05) is 11.4 Å². The number of aliphatic hydroxyl groups is 1.